The normalized spacial score (nSPS) is 14.9. The van der Waals surface area contributed by atoms with E-state index in [9.17, 15) is 13.2 Å². The molecule has 6 nitrogen and oxygen atoms in total. The van der Waals surface area contributed by atoms with Crippen molar-refractivity contribution in [3.05, 3.63) is 58.7 Å². The quantitative estimate of drug-likeness (QED) is 0.874. The first-order valence-corrected chi connectivity index (χ1v) is 10.3. The highest BCUT2D eigenvalue weighted by molar-refractivity contribution is 7.92. The van der Waals surface area contributed by atoms with E-state index in [-0.39, 0.29) is 10.8 Å². The summed E-state index contributed by atoms with van der Waals surface area (Å²) in [5.41, 5.74) is 3.60. The van der Waals surface area contributed by atoms with Crippen molar-refractivity contribution in [3.63, 3.8) is 0 Å². The Morgan fingerprint density at radius 1 is 1.00 bits per heavy atom. The van der Waals surface area contributed by atoms with Crippen LogP contribution in [0.2, 0.25) is 0 Å². The van der Waals surface area contributed by atoms with Gasteiger partial charge in [0, 0.05) is 24.3 Å². The van der Waals surface area contributed by atoms with E-state index in [0.717, 1.165) is 16.7 Å². The van der Waals surface area contributed by atoms with Gasteiger partial charge in [-0.05, 0) is 61.7 Å². The van der Waals surface area contributed by atoms with Gasteiger partial charge in [0.05, 0.1) is 18.1 Å². The first kappa shape index (κ1) is 19.4. The molecule has 0 aliphatic carbocycles. The van der Waals surface area contributed by atoms with Gasteiger partial charge in [-0.15, -0.1) is 0 Å². The van der Waals surface area contributed by atoms with Crippen molar-refractivity contribution < 1.29 is 17.9 Å². The van der Waals surface area contributed by atoms with Gasteiger partial charge in [-0.2, -0.15) is 0 Å². The van der Waals surface area contributed by atoms with Crippen molar-refractivity contribution >= 4 is 21.6 Å². The molecule has 1 amide bonds. The Morgan fingerprint density at radius 3 is 2.26 bits per heavy atom. The lowest BCUT2D eigenvalue weighted by Crippen LogP contribution is -2.41. The molecule has 144 valence electrons. The molecule has 3 rings (SSSR count). The number of aryl methyl sites for hydroxylation is 3. The number of carbonyl (C=O) groups excluding carboxylic acids is 1. The molecule has 0 atom stereocenters. The Bertz CT molecular complexity index is 944. The molecule has 0 bridgehead atoms. The number of rotatable bonds is 4. The highest BCUT2D eigenvalue weighted by atomic mass is 32.2. The largest absolute Gasteiger partial charge is 0.378 e. The van der Waals surface area contributed by atoms with E-state index >= 15 is 0 Å². The maximum absolute atomic E-state index is 12.8. The topological polar surface area (TPSA) is 75.7 Å². The van der Waals surface area contributed by atoms with Crippen LogP contribution in [0, 0.1) is 20.8 Å². The molecule has 0 spiro atoms. The summed E-state index contributed by atoms with van der Waals surface area (Å²) in [4.78, 5) is 14.6. The summed E-state index contributed by atoms with van der Waals surface area (Å²) in [6, 6.07) is 10.2. The molecule has 0 saturated carbocycles. The van der Waals surface area contributed by atoms with E-state index in [2.05, 4.69) is 4.72 Å². The van der Waals surface area contributed by atoms with Crippen LogP contribution in [0.15, 0.2) is 41.3 Å². The third-order valence-corrected chi connectivity index (χ3v) is 5.90. The van der Waals surface area contributed by atoms with Gasteiger partial charge in [0.15, 0.2) is 0 Å². The van der Waals surface area contributed by atoms with Crippen LogP contribution >= 0.6 is 0 Å². The molecule has 1 aliphatic rings. The maximum atomic E-state index is 12.8. The van der Waals surface area contributed by atoms with Gasteiger partial charge in [0.25, 0.3) is 15.9 Å². The summed E-state index contributed by atoms with van der Waals surface area (Å²) in [6.07, 6.45) is 0. The summed E-state index contributed by atoms with van der Waals surface area (Å²) in [7, 11) is -3.80. The average Bonchev–Trinajstić information content (AvgIpc) is 2.61. The summed E-state index contributed by atoms with van der Waals surface area (Å²) < 4.78 is 33.5. The number of benzene rings is 2. The molecule has 1 heterocycles. The fourth-order valence-electron chi connectivity index (χ4n) is 3.18. The Labute approximate surface area is 160 Å². The van der Waals surface area contributed by atoms with Crippen LogP contribution in [0.3, 0.4) is 0 Å². The van der Waals surface area contributed by atoms with E-state index < -0.39 is 10.0 Å². The van der Waals surface area contributed by atoms with Gasteiger partial charge in [-0.1, -0.05) is 12.1 Å². The second kappa shape index (κ2) is 7.70. The Kier molecular flexibility index (Phi) is 5.53. The van der Waals surface area contributed by atoms with E-state index in [1.54, 1.807) is 30.0 Å². The fourth-order valence-corrected chi connectivity index (χ4v) is 4.25. The maximum Gasteiger partial charge on any atom is 0.261 e. The minimum absolute atomic E-state index is 0.0730. The fraction of sp³-hybridized carbons (Fsp3) is 0.350. The first-order chi connectivity index (χ1) is 12.8. The third kappa shape index (κ3) is 4.48. The standard InChI is InChI=1S/C20H24N2O4S/c1-14-10-15(2)12-17(11-14)21-27(24,25)18-5-4-16(3)19(13-18)20(23)22-6-8-26-9-7-22/h4-5,10-13,21H,6-9H2,1-3H3. The van der Waals surface area contributed by atoms with Crippen molar-refractivity contribution in [1.29, 1.82) is 0 Å². The Morgan fingerprint density at radius 2 is 1.63 bits per heavy atom. The lowest BCUT2D eigenvalue weighted by atomic mass is 10.1. The third-order valence-electron chi connectivity index (χ3n) is 4.52. The van der Waals surface area contributed by atoms with Crippen molar-refractivity contribution in [2.45, 2.75) is 25.7 Å². The summed E-state index contributed by atoms with van der Waals surface area (Å²) in [5.74, 6) is -0.167. The van der Waals surface area contributed by atoms with Crippen molar-refractivity contribution in [1.82, 2.24) is 4.90 Å². The second-order valence-corrected chi connectivity index (χ2v) is 8.55. The SMILES string of the molecule is Cc1cc(C)cc(NS(=O)(=O)c2ccc(C)c(C(=O)N3CCOCC3)c2)c1. The van der Waals surface area contributed by atoms with Crippen molar-refractivity contribution in [3.8, 4) is 0 Å². The molecule has 7 heteroatoms. The van der Waals surface area contributed by atoms with Crippen LogP contribution in [0.4, 0.5) is 5.69 Å². The van der Waals surface area contributed by atoms with Crippen LogP contribution in [-0.2, 0) is 14.8 Å². The number of anilines is 1. The number of amides is 1. The molecule has 27 heavy (non-hydrogen) atoms. The Balaban J connectivity index is 1.90. The zero-order valence-corrected chi connectivity index (χ0v) is 16.6. The van der Waals surface area contributed by atoms with Gasteiger partial charge < -0.3 is 9.64 Å². The predicted molar refractivity (Wildman–Crippen MR) is 105 cm³/mol. The summed E-state index contributed by atoms with van der Waals surface area (Å²) >= 11 is 0. The van der Waals surface area contributed by atoms with Crippen LogP contribution in [0.25, 0.3) is 0 Å². The number of nitrogens with zero attached hydrogens (tertiary/aromatic N) is 1. The number of ether oxygens (including phenoxy) is 1. The van der Waals surface area contributed by atoms with Crippen LogP contribution in [0.5, 0.6) is 0 Å². The van der Waals surface area contributed by atoms with Crippen LogP contribution in [-0.4, -0.2) is 45.5 Å². The molecule has 0 aromatic heterocycles. The molecule has 2 aromatic carbocycles. The molecule has 1 fully saturated rings. The van der Waals surface area contributed by atoms with Crippen molar-refractivity contribution in [2.24, 2.45) is 0 Å². The molecule has 1 N–H and O–H groups in total. The monoisotopic (exact) mass is 388 g/mol. The highest BCUT2D eigenvalue weighted by Gasteiger charge is 2.23. The van der Waals surface area contributed by atoms with Gasteiger partial charge in [0.1, 0.15) is 0 Å². The summed E-state index contributed by atoms with van der Waals surface area (Å²) in [5, 5.41) is 0. The highest BCUT2D eigenvalue weighted by Crippen LogP contribution is 2.22. The van der Waals surface area contributed by atoms with Gasteiger partial charge in [-0.3, -0.25) is 9.52 Å². The summed E-state index contributed by atoms with van der Waals surface area (Å²) in [6.45, 7) is 7.65. The molecule has 1 aliphatic heterocycles. The lowest BCUT2D eigenvalue weighted by molar-refractivity contribution is 0.0302. The number of carbonyl (C=O) groups is 1. The first-order valence-electron chi connectivity index (χ1n) is 8.85. The smallest absolute Gasteiger partial charge is 0.261 e. The lowest BCUT2D eigenvalue weighted by Gasteiger charge is -2.27. The zero-order valence-electron chi connectivity index (χ0n) is 15.8. The van der Waals surface area contributed by atoms with Gasteiger partial charge in [-0.25, -0.2) is 8.42 Å². The number of nitrogens with one attached hydrogen (secondary N) is 1. The number of hydrogen-bond donors (Lipinski definition) is 1. The molecular weight excluding hydrogens is 364 g/mol. The number of morpholine rings is 1. The van der Waals surface area contributed by atoms with Gasteiger partial charge >= 0.3 is 0 Å². The second-order valence-electron chi connectivity index (χ2n) is 6.86. The Hall–Kier alpha value is -2.38. The van der Waals surface area contributed by atoms with E-state index in [0.29, 0.717) is 37.6 Å². The van der Waals surface area contributed by atoms with E-state index in [1.165, 1.54) is 12.1 Å². The molecular formula is C20H24N2O4S. The van der Waals surface area contributed by atoms with Crippen LogP contribution < -0.4 is 4.72 Å². The van der Waals surface area contributed by atoms with Gasteiger partial charge in [0.2, 0.25) is 0 Å². The molecule has 2 aromatic rings. The van der Waals surface area contributed by atoms with E-state index in [4.69, 9.17) is 4.74 Å². The molecule has 0 unspecified atom stereocenters. The van der Waals surface area contributed by atoms with Crippen LogP contribution in [0.1, 0.15) is 27.0 Å². The zero-order chi connectivity index (χ0) is 19.6. The minimum Gasteiger partial charge on any atom is -0.378 e. The number of hydrogen-bond acceptors (Lipinski definition) is 4. The number of sulfonamides is 1. The predicted octanol–water partition coefficient (Wildman–Crippen LogP) is 2.89. The molecule has 0 radical (unpaired) electrons. The minimum atomic E-state index is -3.80. The van der Waals surface area contributed by atoms with Crippen molar-refractivity contribution in [2.75, 3.05) is 31.0 Å². The average molecular weight is 388 g/mol. The van der Waals surface area contributed by atoms with E-state index in [1.807, 2.05) is 19.9 Å². The molecule has 1 saturated heterocycles.